The van der Waals surface area contributed by atoms with E-state index in [1.165, 1.54) is 0 Å². The second kappa shape index (κ2) is 8.08. The van der Waals surface area contributed by atoms with Crippen LogP contribution in [0.15, 0.2) is 60.7 Å². The molecule has 4 heteroatoms. The summed E-state index contributed by atoms with van der Waals surface area (Å²) in [6.45, 7) is 1.88. The number of carbonyl (C=O) groups excluding carboxylic acids is 1. The average molecular weight is 324 g/mol. The van der Waals surface area contributed by atoms with Gasteiger partial charge in [-0.15, -0.1) is 0 Å². The highest BCUT2D eigenvalue weighted by atomic mass is 16.3. The van der Waals surface area contributed by atoms with E-state index in [-0.39, 0.29) is 23.8 Å². The molecule has 1 aliphatic heterocycles. The third kappa shape index (κ3) is 4.22. The Bertz CT molecular complexity index is 606. The van der Waals surface area contributed by atoms with Gasteiger partial charge in [-0.05, 0) is 11.1 Å². The first kappa shape index (κ1) is 16.7. The van der Waals surface area contributed by atoms with E-state index in [0.717, 1.165) is 17.7 Å². The quantitative estimate of drug-likeness (QED) is 0.761. The van der Waals surface area contributed by atoms with Gasteiger partial charge >= 0.3 is 0 Å². The van der Waals surface area contributed by atoms with Crippen molar-refractivity contribution in [1.82, 2.24) is 10.6 Å². The predicted octanol–water partition coefficient (Wildman–Crippen LogP) is 1.91. The fourth-order valence-electron chi connectivity index (χ4n) is 3.23. The smallest absolute Gasteiger partial charge is 0.220 e. The second-order valence-electron chi connectivity index (χ2n) is 6.37. The first-order valence-electron chi connectivity index (χ1n) is 8.49. The maximum atomic E-state index is 12.5. The number of hydrogen-bond acceptors (Lipinski definition) is 3. The molecule has 1 saturated heterocycles. The van der Waals surface area contributed by atoms with Crippen molar-refractivity contribution in [3.63, 3.8) is 0 Å². The van der Waals surface area contributed by atoms with Crippen LogP contribution in [0.25, 0.3) is 0 Å². The van der Waals surface area contributed by atoms with E-state index >= 15 is 0 Å². The van der Waals surface area contributed by atoms with Crippen molar-refractivity contribution in [3.05, 3.63) is 71.8 Å². The predicted molar refractivity (Wildman–Crippen MR) is 94.7 cm³/mol. The molecule has 1 heterocycles. The van der Waals surface area contributed by atoms with E-state index in [2.05, 4.69) is 34.9 Å². The molecule has 1 aliphatic rings. The van der Waals surface area contributed by atoms with Crippen molar-refractivity contribution in [2.24, 2.45) is 5.92 Å². The molecule has 0 bridgehead atoms. The number of benzene rings is 2. The molecular weight excluding hydrogens is 300 g/mol. The second-order valence-corrected chi connectivity index (χ2v) is 6.37. The van der Waals surface area contributed by atoms with Crippen molar-refractivity contribution in [1.29, 1.82) is 0 Å². The summed E-state index contributed by atoms with van der Waals surface area (Å²) in [7, 11) is 0. The molecule has 126 valence electrons. The van der Waals surface area contributed by atoms with Crippen molar-refractivity contribution in [2.75, 3.05) is 19.6 Å². The summed E-state index contributed by atoms with van der Waals surface area (Å²) in [5.74, 6) is 0.159. The topological polar surface area (TPSA) is 61.4 Å². The van der Waals surface area contributed by atoms with Crippen LogP contribution in [0.2, 0.25) is 0 Å². The normalized spacial score (nSPS) is 20.2. The van der Waals surface area contributed by atoms with Crippen LogP contribution in [-0.4, -0.2) is 36.8 Å². The summed E-state index contributed by atoms with van der Waals surface area (Å²) >= 11 is 0. The molecule has 0 aromatic heterocycles. The first-order valence-corrected chi connectivity index (χ1v) is 8.49. The SMILES string of the molecule is O=C(CC(c1ccccc1)c1ccccc1)NCC1CNCC1O. The lowest BCUT2D eigenvalue weighted by atomic mass is 9.88. The Balaban J connectivity index is 1.66. The van der Waals surface area contributed by atoms with Gasteiger partial charge in [0.25, 0.3) is 0 Å². The first-order chi connectivity index (χ1) is 11.7. The summed E-state index contributed by atoms with van der Waals surface area (Å²) in [6, 6.07) is 20.2. The Morgan fingerprint density at radius 3 is 2.12 bits per heavy atom. The fourth-order valence-corrected chi connectivity index (χ4v) is 3.23. The van der Waals surface area contributed by atoms with E-state index in [9.17, 15) is 9.90 Å². The number of aliphatic hydroxyl groups is 1. The monoisotopic (exact) mass is 324 g/mol. The minimum Gasteiger partial charge on any atom is -0.391 e. The molecule has 4 nitrogen and oxygen atoms in total. The number of rotatable bonds is 6. The maximum absolute atomic E-state index is 12.5. The summed E-state index contributed by atoms with van der Waals surface area (Å²) < 4.78 is 0. The molecule has 2 aromatic rings. The Morgan fingerprint density at radius 1 is 1.04 bits per heavy atom. The summed E-state index contributed by atoms with van der Waals surface area (Å²) in [4.78, 5) is 12.5. The van der Waals surface area contributed by atoms with E-state index in [4.69, 9.17) is 0 Å². The lowest BCUT2D eigenvalue weighted by Crippen LogP contribution is -2.35. The van der Waals surface area contributed by atoms with Crippen LogP contribution < -0.4 is 10.6 Å². The van der Waals surface area contributed by atoms with Crippen LogP contribution in [0.3, 0.4) is 0 Å². The highest BCUT2D eigenvalue weighted by molar-refractivity contribution is 5.77. The lowest BCUT2D eigenvalue weighted by Gasteiger charge is -2.19. The van der Waals surface area contributed by atoms with Crippen LogP contribution in [0.5, 0.6) is 0 Å². The van der Waals surface area contributed by atoms with Gasteiger partial charge in [0.15, 0.2) is 0 Å². The Hall–Kier alpha value is -2.17. The zero-order valence-corrected chi connectivity index (χ0v) is 13.7. The zero-order valence-electron chi connectivity index (χ0n) is 13.7. The number of amides is 1. The minimum atomic E-state index is -0.371. The molecule has 3 N–H and O–H groups in total. The molecule has 24 heavy (non-hydrogen) atoms. The Labute approximate surface area is 142 Å². The molecule has 0 aliphatic carbocycles. The van der Waals surface area contributed by atoms with Gasteiger partial charge in [0, 0.05) is 37.9 Å². The summed E-state index contributed by atoms with van der Waals surface area (Å²) in [5.41, 5.74) is 2.28. The molecule has 2 unspecified atom stereocenters. The molecular formula is C20H24N2O2. The van der Waals surface area contributed by atoms with Crippen LogP contribution in [-0.2, 0) is 4.79 Å². The van der Waals surface area contributed by atoms with Crippen molar-refractivity contribution < 1.29 is 9.90 Å². The molecule has 0 saturated carbocycles. The molecule has 1 amide bonds. The van der Waals surface area contributed by atoms with Gasteiger partial charge in [-0.1, -0.05) is 60.7 Å². The van der Waals surface area contributed by atoms with E-state index in [1.807, 2.05) is 36.4 Å². The minimum absolute atomic E-state index is 0.0202. The lowest BCUT2D eigenvalue weighted by molar-refractivity contribution is -0.121. The Morgan fingerprint density at radius 2 is 1.62 bits per heavy atom. The van der Waals surface area contributed by atoms with Crippen LogP contribution >= 0.6 is 0 Å². The van der Waals surface area contributed by atoms with Crippen LogP contribution in [0, 0.1) is 5.92 Å². The van der Waals surface area contributed by atoms with Gasteiger partial charge in [0.1, 0.15) is 0 Å². The largest absolute Gasteiger partial charge is 0.391 e. The third-order valence-electron chi connectivity index (χ3n) is 4.66. The zero-order chi connectivity index (χ0) is 16.8. The molecule has 0 spiro atoms. The van der Waals surface area contributed by atoms with Crippen LogP contribution in [0.4, 0.5) is 0 Å². The molecule has 3 rings (SSSR count). The molecule has 0 radical (unpaired) electrons. The van der Waals surface area contributed by atoms with Gasteiger partial charge in [-0.25, -0.2) is 0 Å². The summed E-state index contributed by atoms with van der Waals surface area (Å²) in [6.07, 6.45) is 0.0360. The van der Waals surface area contributed by atoms with Crippen molar-refractivity contribution in [3.8, 4) is 0 Å². The third-order valence-corrected chi connectivity index (χ3v) is 4.66. The number of nitrogens with one attached hydrogen (secondary N) is 2. The number of carbonyl (C=O) groups is 1. The van der Waals surface area contributed by atoms with Crippen LogP contribution in [0.1, 0.15) is 23.5 Å². The molecule has 2 atom stereocenters. The van der Waals surface area contributed by atoms with Crippen molar-refractivity contribution in [2.45, 2.75) is 18.4 Å². The van der Waals surface area contributed by atoms with E-state index in [1.54, 1.807) is 0 Å². The highest BCUT2D eigenvalue weighted by Gasteiger charge is 2.25. The average Bonchev–Trinajstić information content (AvgIpc) is 3.04. The standard InChI is InChI=1S/C20H24N2O2/c23-19-14-21-12-17(19)13-22-20(24)11-18(15-7-3-1-4-8-15)16-9-5-2-6-10-16/h1-10,17-19,21,23H,11-14H2,(H,22,24). The van der Waals surface area contributed by atoms with Gasteiger partial charge in [0.05, 0.1) is 6.10 Å². The van der Waals surface area contributed by atoms with Gasteiger partial charge in [0.2, 0.25) is 5.91 Å². The number of aliphatic hydroxyl groups excluding tert-OH is 1. The molecule has 1 fully saturated rings. The van der Waals surface area contributed by atoms with E-state index < -0.39 is 0 Å². The highest BCUT2D eigenvalue weighted by Crippen LogP contribution is 2.27. The van der Waals surface area contributed by atoms with E-state index in [0.29, 0.717) is 19.5 Å². The van der Waals surface area contributed by atoms with Gasteiger partial charge in [-0.3, -0.25) is 4.79 Å². The number of hydrogen-bond donors (Lipinski definition) is 3. The Kier molecular flexibility index (Phi) is 5.62. The van der Waals surface area contributed by atoms with Gasteiger partial charge < -0.3 is 15.7 Å². The number of β-amino-alcohol motifs (C(OH)–C–C–N with tert-alkyl or cyclic N) is 1. The summed E-state index contributed by atoms with van der Waals surface area (Å²) in [5, 5.41) is 15.9. The fraction of sp³-hybridized carbons (Fsp3) is 0.350. The van der Waals surface area contributed by atoms with Crippen molar-refractivity contribution >= 4 is 5.91 Å². The maximum Gasteiger partial charge on any atom is 0.220 e. The van der Waals surface area contributed by atoms with Gasteiger partial charge in [-0.2, -0.15) is 0 Å². The molecule has 2 aromatic carbocycles.